The molecule has 0 aromatic carbocycles. The van der Waals surface area contributed by atoms with Crippen LogP contribution in [0, 0.1) is 0 Å². The quantitative estimate of drug-likeness (QED) is 0.796. The van der Waals surface area contributed by atoms with Crippen molar-refractivity contribution in [1.82, 2.24) is 19.9 Å². The number of nitrogens with one attached hydrogen (secondary N) is 1. The van der Waals surface area contributed by atoms with Crippen LogP contribution in [0.4, 0.5) is 17.8 Å². The number of amides is 1. The summed E-state index contributed by atoms with van der Waals surface area (Å²) >= 11 is 0. The Morgan fingerprint density at radius 2 is 1.95 bits per heavy atom. The lowest BCUT2D eigenvalue weighted by atomic mass is 10.3. The molecular weight excluding hydrogens is 258 g/mol. The van der Waals surface area contributed by atoms with Crippen molar-refractivity contribution in [2.75, 3.05) is 43.1 Å². The number of nitrogens with two attached hydrogens (primary N) is 1. The molecule has 0 radical (unpaired) electrons. The number of likely N-dealkylation sites (N-methyl/N-ethyl adjacent to an activating group) is 1. The Labute approximate surface area is 118 Å². The first-order valence-corrected chi connectivity index (χ1v) is 6.71. The van der Waals surface area contributed by atoms with Crippen molar-refractivity contribution in [1.29, 1.82) is 0 Å². The van der Waals surface area contributed by atoms with Gasteiger partial charge in [0.25, 0.3) is 0 Å². The van der Waals surface area contributed by atoms with E-state index in [0.29, 0.717) is 11.9 Å². The molecule has 0 bridgehead atoms. The van der Waals surface area contributed by atoms with Crippen LogP contribution >= 0.6 is 0 Å². The maximum Gasteiger partial charge on any atom is 0.244 e. The smallest absolute Gasteiger partial charge is 0.244 e. The van der Waals surface area contributed by atoms with E-state index in [1.165, 1.54) is 4.90 Å². The van der Waals surface area contributed by atoms with Gasteiger partial charge in [0.05, 0.1) is 0 Å². The monoisotopic (exact) mass is 279 g/mol. The molecule has 1 saturated heterocycles. The minimum atomic E-state index is -0.418. The molecule has 1 atom stereocenters. The van der Waals surface area contributed by atoms with Gasteiger partial charge in [0, 0.05) is 27.2 Å². The molecule has 0 spiro atoms. The third-order valence-corrected chi connectivity index (χ3v) is 3.19. The highest BCUT2D eigenvalue weighted by Gasteiger charge is 2.19. The highest BCUT2D eigenvalue weighted by Crippen LogP contribution is 2.17. The molecule has 8 heteroatoms. The van der Waals surface area contributed by atoms with Crippen molar-refractivity contribution in [3.63, 3.8) is 0 Å². The Hall–Kier alpha value is -2.12. The highest BCUT2D eigenvalue weighted by molar-refractivity contribution is 5.83. The Kier molecular flexibility index (Phi) is 4.21. The number of carbonyl (C=O) groups is 1. The number of anilines is 3. The van der Waals surface area contributed by atoms with E-state index < -0.39 is 6.04 Å². The van der Waals surface area contributed by atoms with Gasteiger partial charge in [-0.1, -0.05) is 0 Å². The second-order valence-electron chi connectivity index (χ2n) is 5.11. The van der Waals surface area contributed by atoms with E-state index in [4.69, 9.17) is 5.73 Å². The number of nitrogens with zero attached hydrogens (tertiary/aromatic N) is 5. The van der Waals surface area contributed by atoms with E-state index >= 15 is 0 Å². The molecule has 110 valence electrons. The SMILES string of the molecule is CC(Nc1nc(N)nc(N2CCCC2)n1)C(=O)N(C)C. The van der Waals surface area contributed by atoms with E-state index in [9.17, 15) is 4.79 Å². The van der Waals surface area contributed by atoms with Crippen LogP contribution in [0.2, 0.25) is 0 Å². The zero-order chi connectivity index (χ0) is 14.7. The van der Waals surface area contributed by atoms with Gasteiger partial charge in [-0.25, -0.2) is 0 Å². The summed E-state index contributed by atoms with van der Waals surface area (Å²) in [5.41, 5.74) is 5.71. The largest absolute Gasteiger partial charge is 0.368 e. The Morgan fingerprint density at radius 1 is 1.30 bits per heavy atom. The first-order valence-electron chi connectivity index (χ1n) is 6.71. The van der Waals surface area contributed by atoms with Crippen LogP contribution in [-0.2, 0) is 4.79 Å². The average Bonchev–Trinajstić information content (AvgIpc) is 2.90. The lowest BCUT2D eigenvalue weighted by Gasteiger charge is -2.19. The van der Waals surface area contributed by atoms with Gasteiger partial charge >= 0.3 is 0 Å². The third kappa shape index (κ3) is 3.25. The number of aromatic nitrogens is 3. The minimum Gasteiger partial charge on any atom is -0.368 e. The van der Waals surface area contributed by atoms with Gasteiger partial charge in [0.15, 0.2) is 0 Å². The van der Waals surface area contributed by atoms with Gasteiger partial charge in [0.2, 0.25) is 23.8 Å². The predicted octanol–water partition coefficient (Wildman–Crippen LogP) is -0.0574. The zero-order valence-corrected chi connectivity index (χ0v) is 12.1. The summed E-state index contributed by atoms with van der Waals surface area (Å²) in [4.78, 5) is 27.9. The summed E-state index contributed by atoms with van der Waals surface area (Å²) in [6, 6.07) is -0.418. The van der Waals surface area contributed by atoms with Crippen molar-refractivity contribution in [3.8, 4) is 0 Å². The predicted molar refractivity (Wildman–Crippen MR) is 77.5 cm³/mol. The molecule has 3 N–H and O–H groups in total. The van der Waals surface area contributed by atoms with Crippen LogP contribution in [0.1, 0.15) is 19.8 Å². The van der Waals surface area contributed by atoms with E-state index in [1.54, 1.807) is 21.0 Å². The minimum absolute atomic E-state index is 0.0493. The molecule has 20 heavy (non-hydrogen) atoms. The fourth-order valence-corrected chi connectivity index (χ4v) is 2.15. The van der Waals surface area contributed by atoms with Gasteiger partial charge in [-0.3, -0.25) is 4.79 Å². The summed E-state index contributed by atoms with van der Waals surface area (Å²) in [6.07, 6.45) is 2.26. The summed E-state index contributed by atoms with van der Waals surface area (Å²) < 4.78 is 0. The van der Waals surface area contributed by atoms with Crippen LogP contribution in [0.5, 0.6) is 0 Å². The molecule has 1 fully saturated rings. The molecule has 8 nitrogen and oxygen atoms in total. The van der Waals surface area contributed by atoms with E-state index in [1.807, 2.05) is 0 Å². The fraction of sp³-hybridized carbons (Fsp3) is 0.667. The molecule has 0 saturated carbocycles. The van der Waals surface area contributed by atoms with Crippen LogP contribution in [-0.4, -0.2) is 59.0 Å². The van der Waals surface area contributed by atoms with Crippen LogP contribution in [0.15, 0.2) is 0 Å². The molecule has 1 unspecified atom stereocenters. The summed E-state index contributed by atoms with van der Waals surface area (Å²) in [6.45, 7) is 3.61. The van der Waals surface area contributed by atoms with E-state index in [2.05, 4.69) is 25.2 Å². The molecule has 1 amide bonds. The first kappa shape index (κ1) is 14.3. The standard InChI is InChI=1S/C12H21N7O/c1-8(9(20)18(2)3)14-11-15-10(13)16-12(17-11)19-6-4-5-7-19/h8H,4-7H2,1-3H3,(H3,13,14,15,16,17). The lowest BCUT2D eigenvalue weighted by Crippen LogP contribution is -2.37. The topological polar surface area (TPSA) is 100 Å². The van der Waals surface area contributed by atoms with Gasteiger partial charge < -0.3 is 20.9 Å². The van der Waals surface area contributed by atoms with E-state index in [-0.39, 0.29) is 11.9 Å². The molecule has 2 heterocycles. The van der Waals surface area contributed by atoms with E-state index in [0.717, 1.165) is 25.9 Å². The van der Waals surface area contributed by atoms with Crippen molar-refractivity contribution >= 4 is 23.8 Å². The number of hydrogen-bond acceptors (Lipinski definition) is 7. The number of nitrogen functional groups attached to an aromatic ring is 1. The van der Waals surface area contributed by atoms with Crippen molar-refractivity contribution < 1.29 is 4.79 Å². The maximum absolute atomic E-state index is 11.8. The molecule has 0 aliphatic carbocycles. The fourth-order valence-electron chi connectivity index (χ4n) is 2.15. The van der Waals surface area contributed by atoms with Crippen LogP contribution in [0.3, 0.4) is 0 Å². The van der Waals surface area contributed by atoms with Crippen molar-refractivity contribution in [3.05, 3.63) is 0 Å². The highest BCUT2D eigenvalue weighted by atomic mass is 16.2. The zero-order valence-electron chi connectivity index (χ0n) is 12.1. The normalized spacial score (nSPS) is 16.1. The Bertz CT molecular complexity index is 485. The molecular formula is C12H21N7O. The maximum atomic E-state index is 11.8. The van der Waals surface area contributed by atoms with Crippen LogP contribution < -0.4 is 16.0 Å². The van der Waals surface area contributed by atoms with Gasteiger partial charge in [-0.2, -0.15) is 15.0 Å². The number of rotatable bonds is 4. The lowest BCUT2D eigenvalue weighted by molar-refractivity contribution is -0.129. The van der Waals surface area contributed by atoms with Gasteiger partial charge in [-0.05, 0) is 19.8 Å². The molecule has 1 aliphatic heterocycles. The Balaban J connectivity index is 2.13. The average molecular weight is 279 g/mol. The number of hydrogen-bond donors (Lipinski definition) is 2. The number of carbonyl (C=O) groups excluding carboxylic acids is 1. The van der Waals surface area contributed by atoms with Crippen molar-refractivity contribution in [2.24, 2.45) is 0 Å². The summed E-state index contributed by atoms with van der Waals surface area (Å²) in [5, 5.41) is 2.97. The second-order valence-corrected chi connectivity index (χ2v) is 5.11. The summed E-state index contributed by atoms with van der Waals surface area (Å²) in [5.74, 6) is 1.02. The van der Waals surface area contributed by atoms with Gasteiger partial charge in [0.1, 0.15) is 6.04 Å². The molecule has 2 rings (SSSR count). The molecule has 1 aliphatic rings. The second kappa shape index (κ2) is 5.89. The first-order chi connectivity index (χ1) is 9.47. The summed E-state index contributed by atoms with van der Waals surface area (Å²) in [7, 11) is 3.41. The third-order valence-electron chi connectivity index (χ3n) is 3.19. The molecule has 1 aromatic rings. The van der Waals surface area contributed by atoms with Crippen molar-refractivity contribution in [2.45, 2.75) is 25.8 Å². The Morgan fingerprint density at radius 3 is 2.55 bits per heavy atom. The van der Waals surface area contributed by atoms with Crippen LogP contribution in [0.25, 0.3) is 0 Å². The molecule has 1 aromatic heterocycles. The van der Waals surface area contributed by atoms with Gasteiger partial charge in [-0.15, -0.1) is 0 Å².